The van der Waals surface area contributed by atoms with Gasteiger partial charge in [-0.25, -0.2) is 0 Å². The number of alkyl halides is 2. The molecule has 2 unspecified atom stereocenters. The van der Waals surface area contributed by atoms with Crippen molar-refractivity contribution in [3.8, 4) is 0 Å². The highest BCUT2D eigenvalue weighted by Gasteiger charge is 2.28. The Morgan fingerprint density at radius 3 is 1.30 bits per heavy atom. The van der Waals surface area contributed by atoms with Crippen LogP contribution in [0.1, 0.15) is 0 Å². The zero-order valence-electron chi connectivity index (χ0n) is 4.62. The van der Waals surface area contributed by atoms with E-state index in [9.17, 15) is 9.59 Å². The standard InChI is InChI=1S/C4H4Br2O4/c5-1(3(7)8)2(6)4(9)10/h1-2H,(H,7,8)(H,9,10). The lowest BCUT2D eigenvalue weighted by molar-refractivity contribution is -0.142. The summed E-state index contributed by atoms with van der Waals surface area (Å²) in [7, 11) is 0. The molecule has 0 aromatic rings. The Morgan fingerprint density at radius 1 is 1.00 bits per heavy atom. The van der Waals surface area contributed by atoms with Crippen molar-refractivity contribution in [3.05, 3.63) is 0 Å². The molecular weight excluding hydrogens is 272 g/mol. The minimum atomic E-state index is -1.20. The number of carboxylic acids is 2. The molecule has 0 amide bonds. The van der Waals surface area contributed by atoms with Crippen LogP contribution >= 0.6 is 31.9 Å². The highest BCUT2D eigenvalue weighted by atomic mass is 79.9. The molecule has 2 N–H and O–H groups in total. The van der Waals surface area contributed by atoms with E-state index >= 15 is 0 Å². The minimum Gasteiger partial charge on any atom is -0.480 e. The molecule has 0 heterocycles. The smallest absolute Gasteiger partial charge is 0.319 e. The van der Waals surface area contributed by atoms with Gasteiger partial charge in [0.05, 0.1) is 0 Å². The number of hydrogen-bond acceptors (Lipinski definition) is 2. The van der Waals surface area contributed by atoms with Gasteiger partial charge < -0.3 is 10.2 Å². The van der Waals surface area contributed by atoms with E-state index in [-0.39, 0.29) is 0 Å². The molecule has 4 nitrogen and oxygen atoms in total. The zero-order valence-corrected chi connectivity index (χ0v) is 7.79. The number of hydrogen-bond donors (Lipinski definition) is 2. The molecule has 10 heavy (non-hydrogen) atoms. The summed E-state index contributed by atoms with van der Waals surface area (Å²) in [6, 6.07) is 0. The van der Waals surface area contributed by atoms with Crippen LogP contribution in [0.5, 0.6) is 0 Å². The molecule has 0 rings (SSSR count). The summed E-state index contributed by atoms with van der Waals surface area (Å²) in [5.74, 6) is -2.41. The molecule has 0 fully saturated rings. The summed E-state index contributed by atoms with van der Waals surface area (Å²) >= 11 is 5.36. The Bertz CT molecular complexity index is 139. The lowest BCUT2D eigenvalue weighted by Crippen LogP contribution is -2.30. The number of aliphatic carboxylic acids is 2. The van der Waals surface area contributed by atoms with Crippen LogP contribution in [0.2, 0.25) is 0 Å². The van der Waals surface area contributed by atoms with Crippen LogP contribution in [0, 0.1) is 0 Å². The van der Waals surface area contributed by atoms with E-state index in [4.69, 9.17) is 10.2 Å². The van der Waals surface area contributed by atoms with Crippen molar-refractivity contribution in [2.24, 2.45) is 0 Å². The summed E-state index contributed by atoms with van der Waals surface area (Å²) in [5, 5.41) is 16.5. The summed E-state index contributed by atoms with van der Waals surface area (Å²) in [6.07, 6.45) is 0. The van der Waals surface area contributed by atoms with Gasteiger partial charge in [0.1, 0.15) is 9.65 Å². The van der Waals surface area contributed by atoms with Crippen molar-refractivity contribution in [1.82, 2.24) is 0 Å². The third-order valence-electron chi connectivity index (χ3n) is 0.729. The lowest BCUT2D eigenvalue weighted by atomic mass is 10.3. The van der Waals surface area contributed by atoms with Gasteiger partial charge in [-0.1, -0.05) is 31.9 Å². The normalized spacial score (nSPS) is 15.8. The Kier molecular flexibility index (Phi) is 3.88. The van der Waals surface area contributed by atoms with Gasteiger partial charge in [0, 0.05) is 0 Å². The topological polar surface area (TPSA) is 74.6 Å². The van der Waals surface area contributed by atoms with Crippen molar-refractivity contribution in [3.63, 3.8) is 0 Å². The third-order valence-corrected chi connectivity index (χ3v) is 3.28. The number of carboxylic acid groups (broad SMARTS) is 2. The fourth-order valence-corrected chi connectivity index (χ4v) is 0.703. The van der Waals surface area contributed by atoms with Crippen molar-refractivity contribution in [2.45, 2.75) is 9.65 Å². The molecule has 0 saturated carbocycles. The summed E-state index contributed by atoms with van der Waals surface area (Å²) in [4.78, 5) is 18.0. The third kappa shape index (κ3) is 2.66. The molecule has 0 radical (unpaired) electrons. The maximum absolute atomic E-state index is 10.1. The van der Waals surface area contributed by atoms with E-state index in [1.54, 1.807) is 0 Å². The molecule has 2 atom stereocenters. The van der Waals surface area contributed by atoms with Gasteiger partial charge in [0.2, 0.25) is 0 Å². The largest absolute Gasteiger partial charge is 0.480 e. The maximum atomic E-state index is 10.1. The van der Waals surface area contributed by atoms with Crippen LogP contribution in [-0.2, 0) is 9.59 Å². The van der Waals surface area contributed by atoms with E-state index in [1.165, 1.54) is 0 Å². The molecule has 0 aromatic heterocycles. The van der Waals surface area contributed by atoms with Crippen molar-refractivity contribution in [2.75, 3.05) is 0 Å². The Balaban J connectivity index is 4.07. The quantitative estimate of drug-likeness (QED) is 0.743. The monoisotopic (exact) mass is 274 g/mol. The van der Waals surface area contributed by atoms with Gasteiger partial charge in [0.15, 0.2) is 0 Å². The molecule has 0 spiro atoms. The average Bonchev–Trinajstić information content (AvgIpc) is 1.84. The molecule has 0 aliphatic heterocycles. The first-order valence-electron chi connectivity index (χ1n) is 2.20. The predicted octanol–water partition coefficient (Wildman–Crippen LogP) is 0.683. The summed E-state index contributed by atoms with van der Waals surface area (Å²) < 4.78 is 0. The first-order valence-corrected chi connectivity index (χ1v) is 4.03. The fourth-order valence-electron chi connectivity index (χ4n) is 0.250. The van der Waals surface area contributed by atoms with Crippen LogP contribution in [0.3, 0.4) is 0 Å². The van der Waals surface area contributed by atoms with Crippen LogP contribution < -0.4 is 0 Å². The molecule has 0 aliphatic carbocycles. The predicted molar refractivity (Wildman–Crippen MR) is 40.7 cm³/mol. The zero-order chi connectivity index (χ0) is 8.31. The van der Waals surface area contributed by atoms with Gasteiger partial charge in [-0.05, 0) is 0 Å². The molecule has 0 saturated heterocycles. The van der Waals surface area contributed by atoms with E-state index in [0.717, 1.165) is 0 Å². The first-order chi connectivity index (χ1) is 4.46. The first kappa shape index (κ1) is 9.90. The van der Waals surface area contributed by atoms with Crippen molar-refractivity contribution >= 4 is 43.8 Å². The van der Waals surface area contributed by atoms with Crippen LogP contribution in [0.25, 0.3) is 0 Å². The van der Waals surface area contributed by atoms with Crippen LogP contribution in [0.4, 0.5) is 0 Å². The van der Waals surface area contributed by atoms with Gasteiger partial charge in [-0.3, -0.25) is 9.59 Å². The van der Waals surface area contributed by atoms with Gasteiger partial charge in [-0.15, -0.1) is 0 Å². The molecule has 0 aromatic carbocycles. The highest BCUT2D eigenvalue weighted by Crippen LogP contribution is 2.14. The maximum Gasteiger partial charge on any atom is 0.319 e. The Morgan fingerprint density at radius 2 is 1.20 bits per heavy atom. The SMILES string of the molecule is O=C(O)C(Br)C(Br)C(=O)O. The molecular formula is C4H4Br2O4. The molecule has 58 valence electrons. The van der Waals surface area contributed by atoms with Gasteiger partial charge in [-0.2, -0.15) is 0 Å². The molecule has 0 bridgehead atoms. The number of halogens is 2. The van der Waals surface area contributed by atoms with Crippen molar-refractivity contribution in [1.29, 1.82) is 0 Å². The summed E-state index contributed by atoms with van der Waals surface area (Å²) in [6.45, 7) is 0. The van der Waals surface area contributed by atoms with E-state index in [0.29, 0.717) is 0 Å². The van der Waals surface area contributed by atoms with E-state index in [2.05, 4.69) is 31.9 Å². The number of carbonyl (C=O) groups is 2. The van der Waals surface area contributed by atoms with Gasteiger partial charge in [0.25, 0.3) is 0 Å². The molecule has 6 heteroatoms. The highest BCUT2D eigenvalue weighted by molar-refractivity contribution is 9.12. The Hall–Kier alpha value is -0.100. The fraction of sp³-hybridized carbons (Fsp3) is 0.500. The molecule has 0 aliphatic rings. The average molecular weight is 276 g/mol. The second-order valence-corrected chi connectivity index (χ2v) is 3.45. The van der Waals surface area contributed by atoms with Crippen LogP contribution in [0.15, 0.2) is 0 Å². The van der Waals surface area contributed by atoms with E-state index in [1.807, 2.05) is 0 Å². The Labute approximate surface area is 73.5 Å². The van der Waals surface area contributed by atoms with E-state index < -0.39 is 21.6 Å². The second-order valence-electron chi connectivity index (χ2n) is 1.48. The van der Waals surface area contributed by atoms with Crippen molar-refractivity contribution < 1.29 is 19.8 Å². The lowest BCUT2D eigenvalue weighted by Gasteiger charge is -2.05. The van der Waals surface area contributed by atoms with Crippen LogP contribution in [-0.4, -0.2) is 31.8 Å². The second kappa shape index (κ2) is 3.92. The minimum absolute atomic E-state index is 1.09. The van der Waals surface area contributed by atoms with Gasteiger partial charge >= 0.3 is 11.9 Å². The number of rotatable bonds is 3. The summed E-state index contributed by atoms with van der Waals surface area (Å²) in [5.41, 5.74) is 0.